The zero-order chi connectivity index (χ0) is 11.7. The molecule has 84 valence electrons. The Balaban J connectivity index is 2.12. The Morgan fingerprint density at radius 2 is 2.00 bits per heavy atom. The SMILES string of the molecule is Cc1ccc(CN2CC(=O)NC2=O)cc1C. The highest BCUT2D eigenvalue weighted by molar-refractivity contribution is 6.01. The first-order valence-corrected chi connectivity index (χ1v) is 5.21. The van der Waals surface area contributed by atoms with E-state index < -0.39 is 0 Å². The van der Waals surface area contributed by atoms with Gasteiger partial charge in [0.2, 0.25) is 5.91 Å². The molecule has 0 aliphatic carbocycles. The maximum atomic E-state index is 11.3. The van der Waals surface area contributed by atoms with Gasteiger partial charge in [0.05, 0.1) is 0 Å². The molecule has 1 heterocycles. The van der Waals surface area contributed by atoms with Crippen LogP contribution < -0.4 is 5.32 Å². The van der Waals surface area contributed by atoms with E-state index in [9.17, 15) is 9.59 Å². The van der Waals surface area contributed by atoms with Gasteiger partial charge in [-0.3, -0.25) is 10.1 Å². The Bertz CT molecular complexity index is 454. The summed E-state index contributed by atoms with van der Waals surface area (Å²) in [6.45, 7) is 4.73. The molecular formula is C12H14N2O2. The van der Waals surface area contributed by atoms with Gasteiger partial charge in [-0.05, 0) is 30.5 Å². The number of aryl methyl sites for hydroxylation is 2. The van der Waals surface area contributed by atoms with Crippen molar-refractivity contribution < 1.29 is 9.59 Å². The first-order chi connectivity index (χ1) is 7.56. The lowest BCUT2D eigenvalue weighted by Crippen LogP contribution is -2.27. The molecular weight excluding hydrogens is 204 g/mol. The van der Waals surface area contributed by atoms with Crippen LogP contribution in [0.5, 0.6) is 0 Å². The van der Waals surface area contributed by atoms with Crippen LogP contribution in [0.3, 0.4) is 0 Å². The maximum Gasteiger partial charge on any atom is 0.324 e. The molecule has 1 aromatic rings. The molecule has 1 saturated heterocycles. The van der Waals surface area contributed by atoms with Gasteiger partial charge in [0.1, 0.15) is 6.54 Å². The molecule has 1 aliphatic rings. The van der Waals surface area contributed by atoms with Crippen molar-refractivity contribution >= 4 is 11.9 Å². The predicted octanol–water partition coefficient (Wildman–Crippen LogP) is 1.36. The van der Waals surface area contributed by atoms with Crippen molar-refractivity contribution in [3.63, 3.8) is 0 Å². The van der Waals surface area contributed by atoms with Crippen molar-refractivity contribution in [2.75, 3.05) is 6.54 Å². The molecule has 0 unspecified atom stereocenters. The standard InChI is InChI=1S/C12H14N2O2/c1-8-3-4-10(5-9(8)2)6-14-7-11(15)13-12(14)16/h3-5H,6-7H2,1-2H3,(H,13,15,16). The molecule has 0 bridgehead atoms. The van der Waals surface area contributed by atoms with Crippen LogP contribution in [0.4, 0.5) is 4.79 Å². The minimum atomic E-state index is -0.303. The summed E-state index contributed by atoms with van der Waals surface area (Å²) in [6.07, 6.45) is 0. The first kappa shape index (κ1) is 10.7. The van der Waals surface area contributed by atoms with Gasteiger partial charge < -0.3 is 4.90 Å². The van der Waals surface area contributed by atoms with Crippen LogP contribution in [0.1, 0.15) is 16.7 Å². The van der Waals surface area contributed by atoms with Crippen LogP contribution in [0.2, 0.25) is 0 Å². The lowest BCUT2D eigenvalue weighted by molar-refractivity contribution is -0.118. The van der Waals surface area contributed by atoms with Crippen molar-refractivity contribution in [2.45, 2.75) is 20.4 Å². The fourth-order valence-electron chi connectivity index (χ4n) is 1.73. The number of urea groups is 1. The van der Waals surface area contributed by atoms with E-state index >= 15 is 0 Å². The normalized spacial score (nSPS) is 15.5. The van der Waals surface area contributed by atoms with Gasteiger partial charge in [-0.15, -0.1) is 0 Å². The highest BCUT2D eigenvalue weighted by atomic mass is 16.2. The van der Waals surface area contributed by atoms with Crippen LogP contribution in [0.15, 0.2) is 18.2 Å². The van der Waals surface area contributed by atoms with E-state index in [1.807, 2.05) is 32.0 Å². The minimum Gasteiger partial charge on any atom is -0.311 e. The third-order valence-corrected chi connectivity index (χ3v) is 2.81. The summed E-state index contributed by atoms with van der Waals surface area (Å²) in [5.74, 6) is -0.228. The van der Waals surface area contributed by atoms with E-state index in [0.29, 0.717) is 6.54 Å². The second-order valence-corrected chi connectivity index (χ2v) is 4.13. The molecule has 1 aliphatic heterocycles. The highest BCUT2D eigenvalue weighted by Gasteiger charge is 2.26. The number of amides is 3. The largest absolute Gasteiger partial charge is 0.324 e. The zero-order valence-electron chi connectivity index (χ0n) is 9.41. The van der Waals surface area contributed by atoms with E-state index in [1.54, 1.807) is 0 Å². The van der Waals surface area contributed by atoms with Crippen molar-refractivity contribution in [1.29, 1.82) is 0 Å². The molecule has 16 heavy (non-hydrogen) atoms. The summed E-state index contributed by atoms with van der Waals surface area (Å²) in [5.41, 5.74) is 3.47. The molecule has 4 heteroatoms. The predicted molar refractivity (Wildman–Crippen MR) is 59.9 cm³/mol. The van der Waals surface area contributed by atoms with E-state index in [2.05, 4.69) is 5.32 Å². The first-order valence-electron chi connectivity index (χ1n) is 5.21. The van der Waals surface area contributed by atoms with E-state index in [4.69, 9.17) is 0 Å². The fourth-order valence-corrected chi connectivity index (χ4v) is 1.73. The summed E-state index contributed by atoms with van der Waals surface area (Å²) in [6, 6.07) is 5.76. The number of benzene rings is 1. The van der Waals surface area contributed by atoms with Gasteiger partial charge in [-0.25, -0.2) is 4.79 Å². The van der Waals surface area contributed by atoms with Crippen LogP contribution in [0.25, 0.3) is 0 Å². The van der Waals surface area contributed by atoms with Crippen molar-refractivity contribution in [1.82, 2.24) is 10.2 Å². The fraction of sp³-hybridized carbons (Fsp3) is 0.333. The summed E-state index contributed by atoms with van der Waals surface area (Å²) >= 11 is 0. The molecule has 0 atom stereocenters. The smallest absolute Gasteiger partial charge is 0.311 e. The Labute approximate surface area is 94.2 Å². The zero-order valence-corrected chi connectivity index (χ0v) is 9.41. The van der Waals surface area contributed by atoms with Crippen LogP contribution in [-0.4, -0.2) is 23.4 Å². The van der Waals surface area contributed by atoms with Crippen LogP contribution in [-0.2, 0) is 11.3 Å². The molecule has 1 fully saturated rings. The lowest BCUT2D eigenvalue weighted by atomic mass is 10.1. The van der Waals surface area contributed by atoms with Crippen molar-refractivity contribution in [3.05, 3.63) is 34.9 Å². The average Bonchev–Trinajstić information content (AvgIpc) is 2.51. The molecule has 3 amide bonds. The van der Waals surface area contributed by atoms with Gasteiger partial charge in [0, 0.05) is 6.54 Å². The number of hydrogen-bond donors (Lipinski definition) is 1. The van der Waals surface area contributed by atoms with Gasteiger partial charge in [0.15, 0.2) is 0 Å². The van der Waals surface area contributed by atoms with E-state index in [1.165, 1.54) is 16.0 Å². The Kier molecular flexibility index (Phi) is 2.64. The highest BCUT2D eigenvalue weighted by Crippen LogP contribution is 2.13. The Morgan fingerprint density at radius 3 is 2.56 bits per heavy atom. The summed E-state index contributed by atoms with van der Waals surface area (Å²) in [7, 11) is 0. The van der Waals surface area contributed by atoms with Gasteiger partial charge >= 0.3 is 6.03 Å². The second kappa shape index (κ2) is 3.96. The molecule has 0 radical (unpaired) electrons. The third kappa shape index (κ3) is 2.05. The lowest BCUT2D eigenvalue weighted by Gasteiger charge is -2.13. The number of hydrogen-bond acceptors (Lipinski definition) is 2. The number of imide groups is 1. The average molecular weight is 218 g/mol. The number of carbonyl (C=O) groups excluding carboxylic acids is 2. The molecule has 1 N–H and O–H groups in total. The number of nitrogens with zero attached hydrogens (tertiary/aromatic N) is 1. The van der Waals surface area contributed by atoms with Gasteiger partial charge in [0.25, 0.3) is 0 Å². The van der Waals surface area contributed by atoms with Crippen molar-refractivity contribution in [2.24, 2.45) is 0 Å². The number of carbonyl (C=O) groups is 2. The Morgan fingerprint density at radius 1 is 1.25 bits per heavy atom. The summed E-state index contributed by atoms with van der Waals surface area (Å²) in [5, 5.41) is 2.26. The third-order valence-electron chi connectivity index (χ3n) is 2.81. The van der Waals surface area contributed by atoms with E-state index in [-0.39, 0.29) is 18.5 Å². The quantitative estimate of drug-likeness (QED) is 0.762. The number of rotatable bonds is 2. The van der Waals surface area contributed by atoms with Gasteiger partial charge in [-0.2, -0.15) is 0 Å². The minimum absolute atomic E-state index is 0.158. The topological polar surface area (TPSA) is 49.4 Å². The Hall–Kier alpha value is -1.84. The molecule has 4 nitrogen and oxygen atoms in total. The van der Waals surface area contributed by atoms with Crippen molar-refractivity contribution in [3.8, 4) is 0 Å². The summed E-state index contributed by atoms with van der Waals surface area (Å²) in [4.78, 5) is 23.8. The molecule has 1 aromatic carbocycles. The number of nitrogens with one attached hydrogen (secondary N) is 1. The van der Waals surface area contributed by atoms with Crippen LogP contribution in [0, 0.1) is 13.8 Å². The second-order valence-electron chi connectivity index (χ2n) is 4.13. The maximum absolute atomic E-state index is 11.3. The molecule has 2 rings (SSSR count). The van der Waals surface area contributed by atoms with E-state index in [0.717, 1.165) is 5.56 Å². The van der Waals surface area contributed by atoms with Gasteiger partial charge in [-0.1, -0.05) is 18.2 Å². The molecule has 0 aromatic heterocycles. The monoisotopic (exact) mass is 218 g/mol. The molecule has 0 spiro atoms. The summed E-state index contributed by atoms with van der Waals surface area (Å²) < 4.78 is 0. The molecule has 0 saturated carbocycles. The van der Waals surface area contributed by atoms with Crippen LogP contribution >= 0.6 is 0 Å².